The number of likely N-dealkylation sites (tertiary alicyclic amines) is 1. The molecule has 1 aromatic rings. The highest BCUT2D eigenvalue weighted by Crippen LogP contribution is 2.22. The van der Waals surface area contributed by atoms with Crippen LogP contribution in [0.15, 0.2) is 24.3 Å². The van der Waals surface area contributed by atoms with Gasteiger partial charge in [0.1, 0.15) is 5.82 Å². The minimum atomic E-state index is -1.07. The number of nitrogens with zero attached hydrogens (tertiary/aromatic N) is 1. The molecule has 2 amide bonds. The fourth-order valence-corrected chi connectivity index (χ4v) is 2.66. The van der Waals surface area contributed by atoms with Crippen LogP contribution < -0.4 is 5.32 Å². The molecule has 2 unspecified atom stereocenters. The van der Waals surface area contributed by atoms with Crippen molar-refractivity contribution in [2.75, 3.05) is 13.1 Å². The lowest BCUT2D eigenvalue weighted by Crippen LogP contribution is -2.36. The van der Waals surface area contributed by atoms with E-state index in [1.54, 1.807) is 4.90 Å². The van der Waals surface area contributed by atoms with Crippen molar-refractivity contribution in [1.82, 2.24) is 10.2 Å². The summed E-state index contributed by atoms with van der Waals surface area (Å²) in [7, 11) is 0. The number of carbonyl (C=O) groups excluding carboxylic acids is 2. The number of nitrogens with one attached hydrogen (secondary N) is 1. The van der Waals surface area contributed by atoms with Gasteiger partial charge in [-0.25, -0.2) is 4.39 Å². The van der Waals surface area contributed by atoms with Gasteiger partial charge in [0.15, 0.2) is 0 Å². The molecule has 0 saturated carbocycles. The number of carboxylic acid groups (broad SMARTS) is 1. The van der Waals surface area contributed by atoms with Crippen LogP contribution in [0.2, 0.25) is 0 Å². The zero-order valence-corrected chi connectivity index (χ0v) is 12.8. The summed E-state index contributed by atoms with van der Waals surface area (Å²) in [6.07, 6.45) is -0.182. The van der Waals surface area contributed by atoms with Gasteiger partial charge in [-0.3, -0.25) is 14.4 Å². The topological polar surface area (TPSA) is 86.7 Å². The SMILES string of the molecule is CCN1CC(C(=O)NC(CC(=O)O)c2ccc(F)cc2)CC1=O. The maximum Gasteiger partial charge on any atom is 0.305 e. The van der Waals surface area contributed by atoms with E-state index in [2.05, 4.69) is 5.32 Å². The molecular weight excluding hydrogens is 303 g/mol. The van der Waals surface area contributed by atoms with E-state index in [0.29, 0.717) is 18.7 Å². The maximum atomic E-state index is 13.0. The Morgan fingerprint density at radius 3 is 2.57 bits per heavy atom. The monoisotopic (exact) mass is 322 g/mol. The second-order valence-electron chi connectivity index (χ2n) is 5.54. The lowest BCUT2D eigenvalue weighted by atomic mass is 10.0. The molecule has 1 heterocycles. The highest BCUT2D eigenvalue weighted by atomic mass is 19.1. The second-order valence-corrected chi connectivity index (χ2v) is 5.54. The van der Waals surface area contributed by atoms with Crippen LogP contribution in [-0.2, 0) is 14.4 Å². The van der Waals surface area contributed by atoms with Crippen molar-refractivity contribution >= 4 is 17.8 Å². The van der Waals surface area contributed by atoms with Crippen molar-refractivity contribution in [3.05, 3.63) is 35.6 Å². The van der Waals surface area contributed by atoms with Crippen LogP contribution in [0, 0.1) is 11.7 Å². The summed E-state index contributed by atoms with van der Waals surface area (Å²) < 4.78 is 13.0. The number of amides is 2. The highest BCUT2D eigenvalue weighted by molar-refractivity contribution is 5.89. The molecule has 1 aliphatic heterocycles. The fraction of sp³-hybridized carbons (Fsp3) is 0.438. The van der Waals surface area contributed by atoms with Crippen molar-refractivity contribution in [3.8, 4) is 0 Å². The molecule has 6 nitrogen and oxygen atoms in total. The third-order valence-corrected chi connectivity index (χ3v) is 3.93. The maximum absolute atomic E-state index is 13.0. The van der Waals surface area contributed by atoms with Crippen LogP contribution in [0.3, 0.4) is 0 Å². The van der Waals surface area contributed by atoms with Crippen molar-refractivity contribution in [3.63, 3.8) is 0 Å². The molecule has 1 aromatic carbocycles. The van der Waals surface area contributed by atoms with Crippen molar-refractivity contribution < 1.29 is 23.9 Å². The van der Waals surface area contributed by atoms with Gasteiger partial charge in [-0.2, -0.15) is 0 Å². The minimum absolute atomic E-state index is 0.0794. The first-order chi connectivity index (χ1) is 10.9. The van der Waals surface area contributed by atoms with E-state index in [9.17, 15) is 18.8 Å². The summed E-state index contributed by atoms with van der Waals surface area (Å²) in [5.74, 6) is -2.43. The van der Waals surface area contributed by atoms with E-state index in [1.165, 1.54) is 24.3 Å². The molecule has 0 aliphatic carbocycles. The number of carbonyl (C=O) groups is 3. The van der Waals surface area contributed by atoms with Gasteiger partial charge in [0.05, 0.1) is 18.4 Å². The quantitative estimate of drug-likeness (QED) is 0.827. The molecule has 0 bridgehead atoms. The van der Waals surface area contributed by atoms with Gasteiger partial charge in [-0.1, -0.05) is 12.1 Å². The Morgan fingerprint density at radius 1 is 1.39 bits per heavy atom. The van der Waals surface area contributed by atoms with Gasteiger partial charge >= 0.3 is 5.97 Å². The molecular formula is C16H19FN2O4. The summed E-state index contributed by atoms with van der Waals surface area (Å²) in [6, 6.07) is 4.57. The van der Waals surface area contributed by atoms with Crippen LogP contribution in [-0.4, -0.2) is 40.9 Å². The standard InChI is InChI=1S/C16H19FN2O4/c1-2-19-9-11(7-14(19)20)16(23)18-13(8-15(21)22)10-3-5-12(17)6-4-10/h3-6,11,13H,2,7-9H2,1H3,(H,18,23)(H,21,22). The molecule has 0 radical (unpaired) electrons. The Balaban J connectivity index is 2.08. The molecule has 1 saturated heterocycles. The third kappa shape index (κ3) is 4.28. The van der Waals surface area contributed by atoms with E-state index in [1.807, 2.05) is 6.92 Å². The molecule has 0 spiro atoms. The van der Waals surface area contributed by atoms with Gasteiger partial charge in [-0.05, 0) is 24.6 Å². The first-order valence-corrected chi connectivity index (χ1v) is 7.46. The van der Waals surface area contributed by atoms with E-state index in [4.69, 9.17) is 5.11 Å². The molecule has 1 aliphatic rings. The smallest absolute Gasteiger partial charge is 0.305 e. The lowest BCUT2D eigenvalue weighted by Gasteiger charge is -2.20. The van der Waals surface area contributed by atoms with Crippen LogP contribution in [0.5, 0.6) is 0 Å². The number of benzene rings is 1. The molecule has 124 valence electrons. The molecule has 2 N–H and O–H groups in total. The Bertz CT molecular complexity index is 603. The van der Waals surface area contributed by atoms with Crippen LogP contribution in [0.4, 0.5) is 4.39 Å². The largest absolute Gasteiger partial charge is 0.481 e. The number of hydrogen-bond donors (Lipinski definition) is 2. The minimum Gasteiger partial charge on any atom is -0.481 e. The molecule has 23 heavy (non-hydrogen) atoms. The summed E-state index contributed by atoms with van der Waals surface area (Å²) in [5.41, 5.74) is 0.513. The number of halogens is 1. The van der Waals surface area contributed by atoms with Gasteiger partial charge in [0, 0.05) is 19.5 Å². The average molecular weight is 322 g/mol. The van der Waals surface area contributed by atoms with Crippen LogP contribution >= 0.6 is 0 Å². The average Bonchev–Trinajstić information content (AvgIpc) is 2.88. The first-order valence-electron chi connectivity index (χ1n) is 7.46. The van der Waals surface area contributed by atoms with Crippen LogP contribution in [0.25, 0.3) is 0 Å². The number of rotatable bonds is 6. The van der Waals surface area contributed by atoms with Gasteiger partial charge in [-0.15, -0.1) is 0 Å². The fourth-order valence-electron chi connectivity index (χ4n) is 2.66. The van der Waals surface area contributed by atoms with Gasteiger partial charge in [0.2, 0.25) is 11.8 Å². The number of carboxylic acids is 1. The Hall–Kier alpha value is -2.44. The normalized spacial score (nSPS) is 18.8. The van der Waals surface area contributed by atoms with E-state index in [-0.39, 0.29) is 24.7 Å². The summed E-state index contributed by atoms with van der Waals surface area (Å²) in [5, 5.41) is 11.7. The summed E-state index contributed by atoms with van der Waals surface area (Å²) in [4.78, 5) is 36.6. The Morgan fingerprint density at radius 2 is 2.04 bits per heavy atom. The van der Waals surface area contributed by atoms with Crippen molar-refractivity contribution in [2.24, 2.45) is 5.92 Å². The molecule has 2 atom stereocenters. The highest BCUT2D eigenvalue weighted by Gasteiger charge is 2.34. The van der Waals surface area contributed by atoms with Gasteiger partial charge < -0.3 is 15.3 Å². The lowest BCUT2D eigenvalue weighted by molar-refractivity contribution is -0.138. The Kier molecular flexibility index (Phi) is 5.31. The van der Waals surface area contributed by atoms with E-state index in [0.717, 1.165) is 0 Å². The molecule has 7 heteroatoms. The molecule has 1 fully saturated rings. The third-order valence-electron chi connectivity index (χ3n) is 3.93. The number of hydrogen-bond acceptors (Lipinski definition) is 3. The van der Waals surface area contributed by atoms with Crippen LogP contribution in [0.1, 0.15) is 31.4 Å². The van der Waals surface area contributed by atoms with E-state index < -0.39 is 23.7 Å². The second kappa shape index (κ2) is 7.21. The first kappa shape index (κ1) is 16.9. The molecule has 2 rings (SSSR count). The molecule has 0 aromatic heterocycles. The number of aliphatic carboxylic acids is 1. The van der Waals surface area contributed by atoms with E-state index >= 15 is 0 Å². The Labute approximate surface area is 133 Å². The van der Waals surface area contributed by atoms with Gasteiger partial charge in [0.25, 0.3) is 0 Å². The van der Waals surface area contributed by atoms with Crippen molar-refractivity contribution in [1.29, 1.82) is 0 Å². The summed E-state index contributed by atoms with van der Waals surface area (Å²) in [6.45, 7) is 2.72. The zero-order valence-electron chi connectivity index (χ0n) is 12.8. The van der Waals surface area contributed by atoms with Crippen molar-refractivity contribution in [2.45, 2.75) is 25.8 Å². The zero-order chi connectivity index (χ0) is 17.0. The predicted octanol–water partition coefficient (Wildman–Crippen LogP) is 1.33. The summed E-state index contributed by atoms with van der Waals surface area (Å²) >= 11 is 0. The predicted molar refractivity (Wildman–Crippen MR) is 79.9 cm³/mol.